The van der Waals surface area contributed by atoms with E-state index in [1.807, 2.05) is 12.1 Å². The Morgan fingerprint density at radius 1 is 1.15 bits per heavy atom. The summed E-state index contributed by atoms with van der Waals surface area (Å²) in [4.78, 5) is 21.0. The molecule has 1 amide bonds. The van der Waals surface area contributed by atoms with Crippen LogP contribution < -0.4 is 15.4 Å². The second-order valence-corrected chi connectivity index (χ2v) is 5.41. The molecular weight excluding hydrogens is 330 g/mol. The van der Waals surface area contributed by atoms with Gasteiger partial charge in [-0.25, -0.2) is 4.98 Å². The highest BCUT2D eigenvalue weighted by Crippen LogP contribution is 2.26. The number of methoxy groups -OCH3 is 1. The molecule has 0 aliphatic carbocycles. The van der Waals surface area contributed by atoms with Crippen molar-refractivity contribution in [3.8, 4) is 11.8 Å². The lowest BCUT2D eigenvalue weighted by Gasteiger charge is -2.12. The van der Waals surface area contributed by atoms with Crippen molar-refractivity contribution in [2.75, 3.05) is 25.5 Å². The summed E-state index contributed by atoms with van der Waals surface area (Å²) in [6.07, 6.45) is 3.29. The van der Waals surface area contributed by atoms with Crippen molar-refractivity contribution in [3.05, 3.63) is 59.9 Å². The van der Waals surface area contributed by atoms with Crippen LogP contribution in [-0.4, -0.2) is 36.1 Å². The number of nitriles is 1. The Labute approximate surface area is 150 Å². The molecule has 0 radical (unpaired) electrons. The van der Waals surface area contributed by atoms with E-state index in [0.717, 1.165) is 10.9 Å². The third-order valence-corrected chi connectivity index (χ3v) is 3.82. The lowest BCUT2D eigenvalue weighted by atomic mass is 10.1. The van der Waals surface area contributed by atoms with Gasteiger partial charge >= 0.3 is 0 Å². The first kappa shape index (κ1) is 17.2. The maximum absolute atomic E-state index is 12.7. The standard InChI is InChI=1S/C19H17N5O2/c1-26-16-7-6-15-14(5-3-8-21-15)17(16)19(25)24-11-10-23-18-13(12-20)4-2-9-22-18/h2-9H,10-11H2,1H3,(H,22,23)(H,24,25). The van der Waals surface area contributed by atoms with E-state index in [9.17, 15) is 4.79 Å². The number of benzene rings is 1. The summed E-state index contributed by atoms with van der Waals surface area (Å²) in [5.74, 6) is 0.743. The number of amides is 1. The third-order valence-electron chi connectivity index (χ3n) is 3.82. The summed E-state index contributed by atoms with van der Waals surface area (Å²) in [5, 5.41) is 15.7. The number of hydrogen-bond donors (Lipinski definition) is 2. The van der Waals surface area contributed by atoms with Gasteiger partial charge in [-0.15, -0.1) is 0 Å². The zero-order chi connectivity index (χ0) is 18.4. The molecular formula is C19H17N5O2. The number of anilines is 1. The summed E-state index contributed by atoms with van der Waals surface area (Å²) in [6, 6.07) is 12.6. The topological polar surface area (TPSA) is 99.9 Å². The monoisotopic (exact) mass is 347 g/mol. The fourth-order valence-corrected chi connectivity index (χ4v) is 2.62. The van der Waals surface area contributed by atoms with Gasteiger partial charge in [-0.3, -0.25) is 9.78 Å². The predicted octanol–water partition coefficient (Wildman–Crippen LogP) is 2.35. The first-order chi connectivity index (χ1) is 12.7. The van der Waals surface area contributed by atoms with Crippen LogP contribution in [0, 0.1) is 11.3 Å². The molecule has 7 nitrogen and oxygen atoms in total. The molecule has 0 fully saturated rings. The van der Waals surface area contributed by atoms with Crippen molar-refractivity contribution < 1.29 is 9.53 Å². The summed E-state index contributed by atoms with van der Waals surface area (Å²) in [6.45, 7) is 0.794. The zero-order valence-corrected chi connectivity index (χ0v) is 14.2. The van der Waals surface area contributed by atoms with Crippen LogP contribution in [0.25, 0.3) is 10.9 Å². The number of rotatable bonds is 6. The van der Waals surface area contributed by atoms with Crippen LogP contribution in [0.2, 0.25) is 0 Å². The van der Waals surface area contributed by atoms with Gasteiger partial charge in [0.1, 0.15) is 17.6 Å². The largest absolute Gasteiger partial charge is 0.496 e. The van der Waals surface area contributed by atoms with Crippen molar-refractivity contribution in [1.29, 1.82) is 5.26 Å². The van der Waals surface area contributed by atoms with E-state index in [1.165, 1.54) is 7.11 Å². The van der Waals surface area contributed by atoms with Gasteiger partial charge in [0.05, 0.1) is 23.8 Å². The number of nitrogens with zero attached hydrogens (tertiary/aromatic N) is 3. The average molecular weight is 347 g/mol. The molecule has 3 rings (SSSR count). The molecule has 0 atom stereocenters. The Morgan fingerprint density at radius 2 is 1.96 bits per heavy atom. The van der Waals surface area contributed by atoms with E-state index in [1.54, 1.807) is 36.7 Å². The van der Waals surface area contributed by atoms with E-state index in [0.29, 0.717) is 35.8 Å². The first-order valence-corrected chi connectivity index (χ1v) is 8.03. The Balaban J connectivity index is 1.69. The van der Waals surface area contributed by atoms with Gasteiger partial charge in [0.25, 0.3) is 5.91 Å². The normalized spacial score (nSPS) is 10.2. The van der Waals surface area contributed by atoms with Crippen LogP contribution in [0.1, 0.15) is 15.9 Å². The number of ether oxygens (including phenoxy) is 1. The third kappa shape index (κ3) is 3.54. The van der Waals surface area contributed by atoms with Gasteiger partial charge in [0.2, 0.25) is 0 Å². The summed E-state index contributed by atoms with van der Waals surface area (Å²) in [5.41, 5.74) is 1.64. The Bertz CT molecular complexity index is 981. The molecule has 1 aromatic carbocycles. The van der Waals surface area contributed by atoms with Crippen molar-refractivity contribution in [3.63, 3.8) is 0 Å². The number of nitrogens with one attached hydrogen (secondary N) is 2. The van der Waals surface area contributed by atoms with Crippen LogP contribution in [0.15, 0.2) is 48.8 Å². The zero-order valence-electron chi connectivity index (χ0n) is 14.2. The Kier molecular flexibility index (Phi) is 5.25. The van der Waals surface area contributed by atoms with Crippen molar-refractivity contribution >= 4 is 22.6 Å². The smallest absolute Gasteiger partial charge is 0.255 e. The van der Waals surface area contributed by atoms with Crippen LogP contribution in [-0.2, 0) is 0 Å². The van der Waals surface area contributed by atoms with Crippen LogP contribution in [0.5, 0.6) is 5.75 Å². The molecule has 2 aromatic heterocycles. The molecule has 3 aromatic rings. The number of hydrogen-bond acceptors (Lipinski definition) is 6. The lowest BCUT2D eigenvalue weighted by Crippen LogP contribution is -2.29. The number of carbonyl (C=O) groups excluding carboxylic acids is 1. The minimum atomic E-state index is -0.247. The summed E-state index contributed by atoms with van der Waals surface area (Å²) in [7, 11) is 1.53. The lowest BCUT2D eigenvalue weighted by molar-refractivity contribution is 0.0954. The SMILES string of the molecule is COc1ccc2ncccc2c1C(=O)NCCNc1ncccc1C#N. The summed E-state index contributed by atoms with van der Waals surface area (Å²) < 4.78 is 5.33. The molecule has 26 heavy (non-hydrogen) atoms. The van der Waals surface area contributed by atoms with Gasteiger partial charge < -0.3 is 15.4 Å². The molecule has 0 spiro atoms. The van der Waals surface area contributed by atoms with Gasteiger partial charge in [0, 0.05) is 30.9 Å². The number of carbonyl (C=O) groups is 1. The second kappa shape index (κ2) is 7.94. The van der Waals surface area contributed by atoms with Crippen LogP contribution in [0.3, 0.4) is 0 Å². The fraction of sp³-hybridized carbons (Fsp3) is 0.158. The minimum Gasteiger partial charge on any atom is -0.496 e. The molecule has 2 N–H and O–H groups in total. The number of pyridine rings is 2. The molecule has 0 bridgehead atoms. The van der Waals surface area contributed by atoms with E-state index < -0.39 is 0 Å². The second-order valence-electron chi connectivity index (χ2n) is 5.41. The molecule has 0 aliphatic heterocycles. The molecule has 0 saturated carbocycles. The van der Waals surface area contributed by atoms with E-state index >= 15 is 0 Å². The first-order valence-electron chi connectivity index (χ1n) is 8.03. The highest BCUT2D eigenvalue weighted by Gasteiger charge is 2.16. The minimum absolute atomic E-state index is 0.247. The van der Waals surface area contributed by atoms with Gasteiger partial charge in [-0.2, -0.15) is 5.26 Å². The fourth-order valence-electron chi connectivity index (χ4n) is 2.62. The maximum atomic E-state index is 12.7. The summed E-state index contributed by atoms with van der Waals surface area (Å²) >= 11 is 0. The number of aromatic nitrogens is 2. The van der Waals surface area contributed by atoms with E-state index in [-0.39, 0.29) is 5.91 Å². The van der Waals surface area contributed by atoms with E-state index in [2.05, 4.69) is 26.7 Å². The Hall–Kier alpha value is -3.66. The molecule has 130 valence electrons. The molecule has 0 unspecified atom stereocenters. The maximum Gasteiger partial charge on any atom is 0.255 e. The molecule has 0 aliphatic rings. The van der Waals surface area contributed by atoms with Gasteiger partial charge in [-0.1, -0.05) is 6.07 Å². The van der Waals surface area contributed by atoms with Crippen molar-refractivity contribution in [2.24, 2.45) is 0 Å². The number of fused-ring (bicyclic) bond motifs is 1. The van der Waals surface area contributed by atoms with Gasteiger partial charge in [-0.05, 0) is 30.3 Å². The highest BCUT2D eigenvalue weighted by molar-refractivity contribution is 6.08. The Morgan fingerprint density at radius 3 is 2.77 bits per heavy atom. The highest BCUT2D eigenvalue weighted by atomic mass is 16.5. The molecule has 0 saturated heterocycles. The van der Waals surface area contributed by atoms with Crippen LogP contribution >= 0.6 is 0 Å². The quantitative estimate of drug-likeness (QED) is 0.664. The van der Waals surface area contributed by atoms with Gasteiger partial charge in [0.15, 0.2) is 0 Å². The predicted molar refractivity (Wildman–Crippen MR) is 98.1 cm³/mol. The van der Waals surface area contributed by atoms with E-state index in [4.69, 9.17) is 10.00 Å². The van der Waals surface area contributed by atoms with Crippen LogP contribution in [0.4, 0.5) is 5.82 Å². The molecule has 2 heterocycles. The van der Waals surface area contributed by atoms with Crippen molar-refractivity contribution in [1.82, 2.24) is 15.3 Å². The van der Waals surface area contributed by atoms with Crippen molar-refractivity contribution in [2.45, 2.75) is 0 Å². The average Bonchev–Trinajstić information content (AvgIpc) is 2.70. The molecule has 7 heteroatoms.